The predicted octanol–water partition coefficient (Wildman–Crippen LogP) is 3.05. The monoisotopic (exact) mass is 357 g/mol. The van der Waals surface area contributed by atoms with Crippen molar-refractivity contribution in [2.75, 3.05) is 18.5 Å². The molecule has 2 unspecified atom stereocenters. The second-order valence-electron chi connectivity index (χ2n) is 8.60. The van der Waals surface area contributed by atoms with E-state index in [0.717, 1.165) is 32.0 Å². The van der Waals surface area contributed by atoms with E-state index in [1.165, 1.54) is 0 Å². The third kappa shape index (κ3) is 4.42. The summed E-state index contributed by atoms with van der Waals surface area (Å²) < 4.78 is 0. The Balaban J connectivity index is 1.47. The van der Waals surface area contributed by atoms with Gasteiger partial charge in [0.25, 0.3) is 11.8 Å². The van der Waals surface area contributed by atoms with E-state index in [1.807, 2.05) is 23.1 Å². The molecule has 1 aliphatic heterocycles. The molecule has 0 spiro atoms. The maximum absolute atomic E-state index is 12.5. The fourth-order valence-electron chi connectivity index (χ4n) is 4.71. The highest BCUT2D eigenvalue weighted by atomic mass is 16.6. The van der Waals surface area contributed by atoms with Gasteiger partial charge in [-0.25, -0.2) is 0 Å². The summed E-state index contributed by atoms with van der Waals surface area (Å²) in [5, 5.41) is 6.29. The van der Waals surface area contributed by atoms with Crippen LogP contribution in [0.4, 0.5) is 5.69 Å². The van der Waals surface area contributed by atoms with E-state index < -0.39 is 5.91 Å². The van der Waals surface area contributed by atoms with Gasteiger partial charge in [0.15, 0.2) is 6.61 Å². The predicted molar refractivity (Wildman–Crippen MR) is 101 cm³/mol. The van der Waals surface area contributed by atoms with Crippen LogP contribution in [0.15, 0.2) is 35.5 Å². The second kappa shape index (κ2) is 7.09. The van der Waals surface area contributed by atoms with E-state index >= 15 is 0 Å². The molecular formula is C20H27N3O3. The number of nitrogens with one attached hydrogen (secondary N) is 1. The Morgan fingerprint density at radius 1 is 1.27 bits per heavy atom. The number of benzene rings is 1. The topological polar surface area (TPSA) is 71.0 Å². The van der Waals surface area contributed by atoms with Gasteiger partial charge in [-0.3, -0.25) is 9.59 Å². The Labute approximate surface area is 154 Å². The molecule has 26 heavy (non-hydrogen) atoms. The fraction of sp³-hybridized carbons (Fsp3) is 0.550. The minimum Gasteiger partial charge on any atom is -0.386 e. The lowest BCUT2D eigenvalue weighted by atomic mass is 9.65. The lowest BCUT2D eigenvalue weighted by Gasteiger charge is -2.39. The van der Waals surface area contributed by atoms with Crippen LogP contribution in [-0.4, -0.2) is 42.1 Å². The molecule has 2 atom stereocenters. The normalized spacial score (nSPS) is 26.7. The van der Waals surface area contributed by atoms with Crippen molar-refractivity contribution in [1.82, 2.24) is 4.90 Å². The summed E-state index contributed by atoms with van der Waals surface area (Å²) in [6.07, 6.45) is 4.27. The Bertz CT molecular complexity index is 702. The van der Waals surface area contributed by atoms with Crippen molar-refractivity contribution in [2.45, 2.75) is 46.1 Å². The first-order valence-electron chi connectivity index (χ1n) is 9.07. The van der Waals surface area contributed by atoms with Crippen LogP contribution in [-0.2, 0) is 14.4 Å². The minimum absolute atomic E-state index is 0.0583. The highest BCUT2D eigenvalue weighted by Gasteiger charge is 2.50. The Kier molecular flexibility index (Phi) is 5.03. The van der Waals surface area contributed by atoms with E-state index in [9.17, 15) is 9.59 Å². The van der Waals surface area contributed by atoms with Gasteiger partial charge in [0.05, 0.1) is 0 Å². The highest BCUT2D eigenvalue weighted by molar-refractivity contribution is 6.31. The molecule has 0 radical (unpaired) electrons. The smallest absolute Gasteiger partial charge is 0.270 e. The molecule has 0 aromatic heterocycles. The Morgan fingerprint density at radius 3 is 2.73 bits per heavy atom. The molecule has 2 aliphatic rings. The third-order valence-corrected chi connectivity index (χ3v) is 5.21. The summed E-state index contributed by atoms with van der Waals surface area (Å²) in [7, 11) is 0. The number of nitrogens with zero attached hydrogens (tertiary/aromatic N) is 2. The van der Waals surface area contributed by atoms with Gasteiger partial charge in [0, 0.05) is 18.3 Å². The Hall–Kier alpha value is -2.37. The van der Waals surface area contributed by atoms with E-state index in [-0.39, 0.29) is 29.4 Å². The summed E-state index contributed by atoms with van der Waals surface area (Å²) in [6.45, 7) is 7.46. The molecule has 1 aromatic rings. The van der Waals surface area contributed by atoms with Crippen LogP contribution in [0, 0.1) is 10.8 Å². The van der Waals surface area contributed by atoms with Crippen molar-refractivity contribution < 1.29 is 14.4 Å². The van der Waals surface area contributed by atoms with Crippen LogP contribution in [0.2, 0.25) is 0 Å². The number of carbonyl (C=O) groups is 2. The van der Waals surface area contributed by atoms with E-state index in [1.54, 1.807) is 12.1 Å². The van der Waals surface area contributed by atoms with Crippen molar-refractivity contribution >= 4 is 23.7 Å². The lowest BCUT2D eigenvalue weighted by Crippen LogP contribution is -2.39. The highest BCUT2D eigenvalue weighted by Crippen LogP contribution is 2.52. The van der Waals surface area contributed by atoms with Crippen LogP contribution in [0.5, 0.6) is 0 Å². The third-order valence-electron chi connectivity index (χ3n) is 5.21. The molecule has 2 amide bonds. The molecule has 2 bridgehead atoms. The van der Waals surface area contributed by atoms with Crippen LogP contribution < -0.4 is 5.32 Å². The lowest BCUT2D eigenvalue weighted by molar-refractivity contribution is -0.137. The molecule has 1 saturated carbocycles. The molecule has 140 valence electrons. The van der Waals surface area contributed by atoms with E-state index in [0.29, 0.717) is 5.69 Å². The van der Waals surface area contributed by atoms with Crippen molar-refractivity contribution in [3.05, 3.63) is 30.3 Å². The number of amides is 2. The van der Waals surface area contributed by atoms with Gasteiger partial charge in [0.1, 0.15) is 6.21 Å². The van der Waals surface area contributed by atoms with Gasteiger partial charge in [-0.1, -0.05) is 44.1 Å². The number of hydrogen-bond acceptors (Lipinski definition) is 4. The number of carbonyl (C=O) groups excluding carboxylic acids is 2. The first kappa shape index (κ1) is 18.4. The van der Waals surface area contributed by atoms with Crippen LogP contribution in [0.25, 0.3) is 0 Å². The van der Waals surface area contributed by atoms with Gasteiger partial charge in [-0.2, -0.15) is 0 Å². The number of para-hydroxylation sites is 1. The number of likely N-dealkylation sites (tertiary alicyclic amines) is 1. The summed E-state index contributed by atoms with van der Waals surface area (Å²) in [4.78, 5) is 31.3. The van der Waals surface area contributed by atoms with Crippen molar-refractivity contribution in [2.24, 2.45) is 16.0 Å². The standard InChI is InChI=1S/C20H27N3O3/c1-19(2)9-16-10-20(3,13-19)14-23(16)18(25)12-26-21-11-17(24)22-15-7-5-4-6-8-15/h4-8,11,16H,9-10,12-14H2,1-3H3,(H,22,24). The quantitative estimate of drug-likeness (QED) is 0.650. The average molecular weight is 357 g/mol. The molecule has 6 heteroatoms. The molecule has 6 nitrogen and oxygen atoms in total. The van der Waals surface area contributed by atoms with Crippen molar-refractivity contribution in [1.29, 1.82) is 0 Å². The van der Waals surface area contributed by atoms with Crippen LogP contribution in [0.3, 0.4) is 0 Å². The number of hydrogen-bond donors (Lipinski definition) is 1. The van der Waals surface area contributed by atoms with Gasteiger partial charge < -0.3 is 15.1 Å². The molecule has 1 saturated heterocycles. The summed E-state index contributed by atoms with van der Waals surface area (Å²) >= 11 is 0. The van der Waals surface area contributed by atoms with Gasteiger partial charge in [0.2, 0.25) is 0 Å². The van der Waals surface area contributed by atoms with E-state index in [2.05, 4.69) is 31.2 Å². The maximum atomic E-state index is 12.5. The largest absolute Gasteiger partial charge is 0.386 e. The molecule has 1 N–H and O–H groups in total. The SMILES string of the molecule is CC1(C)CC2CC(C)(CN2C(=O)CON=CC(=O)Nc2ccccc2)C1. The molecule has 3 rings (SSSR count). The zero-order chi connectivity index (χ0) is 18.8. The summed E-state index contributed by atoms with van der Waals surface area (Å²) in [5.41, 5.74) is 1.14. The fourth-order valence-corrected chi connectivity index (χ4v) is 4.71. The van der Waals surface area contributed by atoms with Gasteiger partial charge in [-0.05, 0) is 42.2 Å². The summed E-state index contributed by atoms with van der Waals surface area (Å²) in [6, 6.07) is 9.37. The number of rotatable bonds is 5. The van der Waals surface area contributed by atoms with Crippen LogP contribution >= 0.6 is 0 Å². The molecular weight excluding hydrogens is 330 g/mol. The number of oxime groups is 1. The molecule has 1 heterocycles. The van der Waals surface area contributed by atoms with Crippen molar-refractivity contribution in [3.8, 4) is 0 Å². The molecule has 1 aromatic carbocycles. The first-order chi connectivity index (χ1) is 12.3. The average Bonchev–Trinajstić information content (AvgIpc) is 2.81. The Morgan fingerprint density at radius 2 is 2.00 bits per heavy atom. The first-order valence-corrected chi connectivity index (χ1v) is 9.07. The summed E-state index contributed by atoms with van der Waals surface area (Å²) in [5.74, 6) is -0.452. The van der Waals surface area contributed by atoms with E-state index in [4.69, 9.17) is 4.84 Å². The molecule has 1 aliphatic carbocycles. The zero-order valence-corrected chi connectivity index (χ0v) is 15.7. The second-order valence-corrected chi connectivity index (χ2v) is 8.60. The van der Waals surface area contributed by atoms with Crippen LogP contribution in [0.1, 0.15) is 40.0 Å². The van der Waals surface area contributed by atoms with Gasteiger partial charge >= 0.3 is 0 Å². The number of fused-ring (bicyclic) bond motifs is 2. The van der Waals surface area contributed by atoms with Crippen molar-refractivity contribution in [3.63, 3.8) is 0 Å². The van der Waals surface area contributed by atoms with Gasteiger partial charge in [-0.15, -0.1) is 0 Å². The maximum Gasteiger partial charge on any atom is 0.270 e. The zero-order valence-electron chi connectivity index (χ0n) is 15.7. The minimum atomic E-state index is -0.394. The number of anilines is 1. The molecule has 2 fully saturated rings.